The molecule has 14 rings (SSSR count). The first-order valence-electron chi connectivity index (χ1n) is 32.0. The summed E-state index contributed by atoms with van der Waals surface area (Å²) in [6, 6.07) is 114. The first-order chi connectivity index (χ1) is 45.1. The summed E-state index contributed by atoms with van der Waals surface area (Å²) in [5.74, 6) is 0. The normalized spacial score (nSPS) is 12.0. The first kappa shape index (κ1) is 46.2. The van der Waals surface area contributed by atoms with Gasteiger partial charge in [0.2, 0.25) is 0 Å². The number of benzene rings is 14. The Balaban J connectivity index is 0.868. The van der Waals surface area contributed by atoms with Gasteiger partial charge >= 0.3 is 0 Å². The van der Waals surface area contributed by atoms with Gasteiger partial charge in [-0.25, -0.2) is 0 Å². The Kier molecular flexibility index (Phi) is 12.6. The van der Waals surface area contributed by atoms with Crippen LogP contribution in [0.5, 0.6) is 0 Å². The topological polar surface area (TPSA) is 6.48 Å². The monoisotopic (exact) mass is 1100 g/mol. The second-order valence-corrected chi connectivity index (χ2v) is 21.5. The number of anilines is 6. The van der Waals surface area contributed by atoms with E-state index in [0.29, 0.717) is 11.1 Å². The summed E-state index contributed by atoms with van der Waals surface area (Å²) in [4.78, 5) is 4.65. The molecule has 0 bridgehead atoms. The van der Waals surface area contributed by atoms with Crippen LogP contribution in [0.2, 0.25) is 0 Å². The third-order valence-corrected chi connectivity index (χ3v) is 16.4. The highest BCUT2D eigenvalue weighted by atomic mass is 15.1. The zero-order valence-corrected chi connectivity index (χ0v) is 47.1. The molecule has 0 heterocycles. The summed E-state index contributed by atoms with van der Waals surface area (Å²) in [5, 5.41) is 4.77. The Labute approximate surface area is 512 Å². The van der Waals surface area contributed by atoms with Crippen LogP contribution in [-0.2, 0) is 0 Å². The average Bonchev–Trinajstić information content (AvgIpc) is 0.900. The minimum atomic E-state index is -0.527. The van der Waals surface area contributed by atoms with Crippen molar-refractivity contribution in [3.8, 4) is 77.9 Å². The zero-order chi connectivity index (χ0) is 62.7. The maximum atomic E-state index is 8.47. The van der Waals surface area contributed by atoms with Crippen LogP contribution in [-0.4, -0.2) is 0 Å². The number of rotatable bonds is 15. The molecule has 0 fully saturated rings. The summed E-state index contributed by atoms with van der Waals surface area (Å²) < 4.78 is 48.5. The molecular weight excluding hydrogens is 1040 g/mol. The molecule has 0 aliphatic rings. The fraction of sp³-hybridized carbons (Fsp3) is 0. The molecule has 0 aromatic heterocycles. The standard InChI is InChI=1S/C84H60N2/c1-3-59-19-15-29-69(55-59)71-43-53-83(81(57-71)65-21-7-5-8-22-65)85(75-49-39-67(40-50-75)79-33-17-27-63-25-11-13-31-77(63)79)73-45-35-61(36-46-73)62-37-47-74(48-38-62)86(76-51-41-68(42-52-76)80-34-18-28-64-26-12-14-32-78(64)80)84-54-44-72(70-30-16-20-60(4-2)56-70)58-82(84)66-23-9-6-10-24-66/h3-58H,1-2H2/i1D2,2D2,3D,4D. The molecule has 0 spiro atoms. The average molecular weight is 1100 g/mol. The fourth-order valence-electron chi connectivity index (χ4n) is 12.1. The van der Waals surface area contributed by atoms with Gasteiger partial charge in [-0.1, -0.05) is 268 Å². The number of hydrogen-bond donors (Lipinski definition) is 0. The van der Waals surface area contributed by atoms with E-state index in [9.17, 15) is 0 Å². The van der Waals surface area contributed by atoms with Crippen LogP contribution in [0.25, 0.3) is 112 Å². The van der Waals surface area contributed by atoms with Gasteiger partial charge in [0.05, 0.1) is 19.6 Å². The maximum Gasteiger partial charge on any atom is 0.0623 e. The van der Waals surface area contributed by atoms with Crippen LogP contribution >= 0.6 is 0 Å². The highest BCUT2D eigenvalue weighted by molar-refractivity contribution is 6.00. The Morgan fingerprint density at radius 2 is 0.547 bits per heavy atom. The molecule has 0 aliphatic carbocycles. The molecule has 14 aromatic carbocycles. The van der Waals surface area contributed by atoms with Crippen molar-refractivity contribution in [1.82, 2.24) is 0 Å². The van der Waals surface area contributed by atoms with Crippen molar-refractivity contribution in [3.63, 3.8) is 0 Å². The fourth-order valence-corrected chi connectivity index (χ4v) is 12.1. The second kappa shape index (κ2) is 23.5. The zero-order valence-electron chi connectivity index (χ0n) is 53.1. The molecule has 0 N–H and O–H groups in total. The minimum Gasteiger partial charge on any atom is -0.310 e. The van der Waals surface area contributed by atoms with Gasteiger partial charge in [0.25, 0.3) is 0 Å². The Bertz CT molecular complexity index is 4740. The molecule has 0 aliphatic heterocycles. The number of fused-ring (bicyclic) bond motifs is 2. The van der Waals surface area contributed by atoms with E-state index < -0.39 is 13.1 Å². The van der Waals surface area contributed by atoms with Gasteiger partial charge in [0.1, 0.15) is 0 Å². The Morgan fingerprint density at radius 1 is 0.244 bits per heavy atom. The van der Waals surface area contributed by atoms with Crippen LogP contribution < -0.4 is 9.80 Å². The third kappa shape index (κ3) is 10.5. The predicted octanol–water partition coefficient (Wildman–Crippen LogP) is 23.9. The van der Waals surface area contributed by atoms with E-state index in [-0.39, 0.29) is 12.1 Å². The summed E-state index contributed by atoms with van der Waals surface area (Å²) >= 11 is 0. The van der Waals surface area contributed by atoms with Crippen LogP contribution in [0, 0.1) is 0 Å². The molecule has 0 atom stereocenters. The van der Waals surface area contributed by atoms with Gasteiger partial charge in [-0.05, 0) is 184 Å². The van der Waals surface area contributed by atoms with Crippen LogP contribution in [0.3, 0.4) is 0 Å². The van der Waals surface area contributed by atoms with Gasteiger partial charge in [-0.15, -0.1) is 0 Å². The summed E-state index contributed by atoms with van der Waals surface area (Å²) in [5.41, 5.74) is 21.3. The second-order valence-electron chi connectivity index (χ2n) is 21.5. The van der Waals surface area contributed by atoms with Gasteiger partial charge < -0.3 is 9.80 Å². The van der Waals surface area contributed by atoms with E-state index in [1.54, 1.807) is 12.1 Å². The number of nitrogens with zero attached hydrogens (tertiary/aromatic N) is 2. The molecule has 0 saturated carbocycles. The van der Waals surface area contributed by atoms with Crippen molar-refractivity contribution >= 4 is 67.8 Å². The Morgan fingerprint density at radius 3 is 0.942 bits per heavy atom. The Hall–Kier alpha value is -11.3. The quantitative estimate of drug-likeness (QED) is 0.101. The number of hydrogen-bond acceptors (Lipinski definition) is 2. The van der Waals surface area contributed by atoms with Crippen molar-refractivity contribution < 1.29 is 8.22 Å². The van der Waals surface area contributed by atoms with Gasteiger partial charge in [-0.2, -0.15) is 0 Å². The lowest BCUT2D eigenvalue weighted by atomic mass is 9.94. The minimum absolute atomic E-state index is 0.126. The molecular formula is C84H60N2. The third-order valence-electron chi connectivity index (χ3n) is 16.4. The van der Waals surface area contributed by atoms with Crippen LogP contribution in [0.4, 0.5) is 34.1 Å². The van der Waals surface area contributed by atoms with E-state index in [4.69, 9.17) is 8.22 Å². The molecule has 14 aromatic rings. The smallest absolute Gasteiger partial charge is 0.0623 e. The van der Waals surface area contributed by atoms with E-state index >= 15 is 0 Å². The SMILES string of the molecule is [2H]C([2H])=C([2H])c1cccc(-c2ccc(N(c3ccc(-c4ccc(N(c5ccc(-c6cccc7ccccc67)cc5)c5ccc(-c6cccc(C([2H])=C([2H])[2H])c6)cc5-c5ccccc5)cc4)cc3)c3ccc(-c4cccc5ccccc45)cc3)c(-c3ccccc3)c2)c1. The highest BCUT2D eigenvalue weighted by Gasteiger charge is 2.22. The molecule has 0 saturated heterocycles. The van der Waals surface area contributed by atoms with Crippen molar-refractivity contribution in [3.05, 3.63) is 352 Å². The van der Waals surface area contributed by atoms with E-state index in [0.717, 1.165) is 101 Å². The van der Waals surface area contributed by atoms with Gasteiger partial charge in [0, 0.05) is 33.9 Å². The van der Waals surface area contributed by atoms with E-state index in [1.807, 2.05) is 48.5 Å². The lowest BCUT2D eigenvalue weighted by Gasteiger charge is -2.29. The van der Waals surface area contributed by atoms with Gasteiger partial charge in [-0.3, -0.25) is 0 Å². The van der Waals surface area contributed by atoms with Crippen molar-refractivity contribution in [2.45, 2.75) is 0 Å². The predicted molar refractivity (Wildman–Crippen MR) is 369 cm³/mol. The van der Waals surface area contributed by atoms with Crippen molar-refractivity contribution in [2.24, 2.45) is 0 Å². The molecule has 2 nitrogen and oxygen atoms in total. The highest BCUT2D eigenvalue weighted by Crippen LogP contribution is 2.47. The van der Waals surface area contributed by atoms with Gasteiger partial charge in [0.15, 0.2) is 0 Å². The molecule has 0 radical (unpaired) electrons. The van der Waals surface area contributed by atoms with E-state index in [2.05, 4.69) is 277 Å². The summed E-state index contributed by atoms with van der Waals surface area (Å²) in [6.07, 6.45) is 0. The molecule has 0 amide bonds. The molecule has 0 unspecified atom stereocenters. The van der Waals surface area contributed by atoms with Crippen molar-refractivity contribution in [2.75, 3.05) is 9.80 Å². The maximum absolute atomic E-state index is 8.47. The molecule has 406 valence electrons. The van der Waals surface area contributed by atoms with E-state index in [1.165, 1.54) is 32.7 Å². The molecule has 86 heavy (non-hydrogen) atoms. The lowest BCUT2D eigenvalue weighted by molar-refractivity contribution is 1.28. The first-order valence-corrected chi connectivity index (χ1v) is 29.0. The largest absolute Gasteiger partial charge is 0.310 e. The lowest BCUT2D eigenvalue weighted by Crippen LogP contribution is -2.11. The van der Waals surface area contributed by atoms with Crippen molar-refractivity contribution in [1.29, 1.82) is 0 Å². The van der Waals surface area contributed by atoms with Crippen LogP contribution in [0.15, 0.2) is 341 Å². The summed E-state index contributed by atoms with van der Waals surface area (Å²) in [7, 11) is 0. The van der Waals surface area contributed by atoms with Crippen LogP contribution in [0.1, 0.15) is 19.4 Å². The summed E-state index contributed by atoms with van der Waals surface area (Å²) in [6.45, 7) is -1.05. The molecule has 2 heteroatoms.